The molecule has 0 unspecified atom stereocenters. The molecule has 9 heteroatoms. The number of carbonyl (C=O) groups is 1. The van der Waals surface area contributed by atoms with Crippen molar-refractivity contribution >= 4 is 16.8 Å². The van der Waals surface area contributed by atoms with Crippen LogP contribution in [0.1, 0.15) is 33.1 Å². The third-order valence-corrected chi connectivity index (χ3v) is 6.53. The number of nitrogens with zero attached hydrogens (tertiary/aromatic N) is 3. The number of H-pyrrole nitrogens is 1. The van der Waals surface area contributed by atoms with Gasteiger partial charge in [-0.05, 0) is 47.4 Å². The lowest BCUT2D eigenvalue weighted by molar-refractivity contribution is 0.0945. The summed E-state index contributed by atoms with van der Waals surface area (Å²) in [6, 6.07) is 18.0. The highest BCUT2D eigenvalue weighted by atomic mass is 16.7. The molecule has 1 aliphatic heterocycles. The minimum Gasteiger partial charge on any atom is -0.454 e. The number of benzene rings is 2. The van der Waals surface area contributed by atoms with E-state index in [1.807, 2.05) is 36.4 Å². The summed E-state index contributed by atoms with van der Waals surface area (Å²) in [4.78, 5) is 26.8. The van der Waals surface area contributed by atoms with E-state index in [1.165, 1.54) is 17.2 Å². The highest BCUT2D eigenvalue weighted by molar-refractivity contribution is 5.91. The Bertz CT molecular complexity index is 1550. The average molecular weight is 510 g/mol. The first-order valence-corrected chi connectivity index (χ1v) is 12.5. The normalized spacial score (nSPS) is 12.3. The molecule has 1 amide bonds. The molecular weight excluding hydrogens is 482 g/mol. The van der Waals surface area contributed by atoms with Crippen molar-refractivity contribution in [2.24, 2.45) is 0 Å². The van der Waals surface area contributed by atoms with Crippen molar-refractivity contribution < 1.29 is 18.7 Å². The van der Waals surface area contributed by atoms with Gasteiger partial charge in [0, 0.05) is 49.1 Å². The molecule has 5 aromatic rings. The lowest BCUT2D eigenvalue weighted by Gasteiger charge is -2.21. The molecule has 0 atom stereocenters. The number of aromatic nitrogens is 3. The number of rotatable bonds is 10. The molecular formula is C29H27N5O4. The summed E-state index contributed by atoms with van der Waals surface area (Å²) in [6.45, 7) is 2.48. The van der Waals surface area contributed by atoms with Gasteiger partial charge >= 0.3 is 0 Å². The number of oxazole rings is 1. The molecule has 38 heavy (non-hydrogen) atoms. The van der Waals surface area contributed by atoms with Crippen LogP contribution in [0.2, 0.25) is 0 Å². The Labute approximate surface area is 219 Å². The number of nitrogens with one attached hydrogen (secondary N) is 2. The van der Waals surface area contributed by atoms with Crippen molar-refractivity contribution in [1.82, 2.24) is 25.2 Å². The zero-order valence-corrected chi connectivity index (χ0v) is 20.7. The predicted octanol–water partition coefficient (Wildman–Crippen LogP) is 4.45. The summed E-state index contributed by atoms with van der Waals surface area (Å²) in [5, 5.41) is 4.08. The fraction of sp³-hybridized carbons (Fsp3) is 0.207. The first kappa shape index (κ1) is 23.7. The van der Waals surface area contributed by atoms with E-state index in [-0.39, 0.29) is 18.4 Å². The third-order valence-electron chi connectivity index (χ3n) is 6.53. The van der Waals surface area contributed by atoms with Crippen molar-refractivity contribution in [3.8, 4) is 11.5 Å². The molecule has 0 bridgehead atoms. The van der Waals surface area contributed by atoms with Crippen LogP contribution in [0.25, 0.3) is 10.9 Å². The largest absolute Gasteiger partial charge is 0.454 e. The topological polar surface area (TPSA) is 106 Å². The van der Waals surface area contributed by atoms with E-state index in [2.05, 4.69) is 49.6 Å². The van der Waals surface area contributed by atoms with E-state index in [0.717, 1.165) is 41.1 Å². The molecule has 4 heterocycles. The molecule has 6 rings (SSSR count). The first-order chi connectivity index (χ1) is 18.7. The second-order valence-corrected chi connectivity index (χ2v) is 9.18. The summed E-state index contributed by atoms with van der Waals surface area (Å²) in [6.07, 6.45) is 7.73. The van der Waals surface area contributed by atoms with Crippen molar-refractivity contribution in [1.29, 1.82) is 0 Å². The summed E-state index contributed by atoms with van der Waals surface area (Å²) >= 11 is 0. The fourth-order valence-electron chi connectivity index (χ4n) is 4.58. The van der Waals surface area contributed by atoms with Gasteiger partial charge in [-0.1, -0.05) is 30.3 Å². The van der Waals surface area contributed by atoms with Crippen LogP contribution in [-0.4, -0.2) is 39.1 Å². The highest BCUT2D eigenvalue weighted by Crippen LogP contribution is 2.33. The number of ether oxygens (including phenoxy) is 2. The molecule has 2 N–H and O–H groups in total. The lowest BCUT2D eigenvalue weighted by atomic mass is 10.1. The molecule has 0 saturated heterocycles. The Morgan fingerprint density at radius 3 is 2.87 bits per heavy atom. The molecule has 2 aromatic carbocycles. The van der Waals surface area contributed by atoms with Crippen LogP contribution < -0.4 is 14.8 Å². The lowest BCUT2D eigenvalue weighted by Crippen LogP contribution is -2.26. The van der Waals surface area contributed by atoms with Gasteiger partial charge < -0.3 is 24.2 Å². The van der Waals surface area contributed by atoms with Gasteiger partial charge in [-0.25, -0.2) is 4.98 Å². The van der Waals surface area contributed by atoms with Gasteiger partial charge in [-0.3, -0.25) is 14.7 Å². The van der Waals surface area contributed by atoms with Crippen molar-refractivity contribution in [2.45, 2.75) is 26.1 Å². The van der Waals surface area contributed by atoms with Crippen LogP contribution in [0.15, 0.2) is 83.9 Å². The van der Waals surface area contributed by atoms with E-state index in [9.17, 15) is 4.79 Å². The third kappa shape index (κ3) is 5.37. The van der Waals surface area contributed by atoms with Gasteiger partial charge in [-0.15, -0.1) is 0 Å². The molecule has 0 radical (unpaired) electrons. The van der Waals surface area contributed by atoms with Crippen LogP contribution >= 0.6 is 0 Å². The number of carbonyl (C=O) groups excluding carboxylic acids is 1. The Hall–Kier alpha value is -4.63. The molecule has 0 spiro atoms. The van der Waals surface area contributed by atoms with Crippen molar-refractivity contribution in [3.63, 3.8) is 0 Å². The fourth-order valence-corrected chi connectivity index (χ4v) is 4.58. The second kappa shape index (κ2) is 10.8. The van der Waals surface area contributed by atoms with Crippen LogP contribution in [-0.2, 0) is 26.1 Å². The van der Waals surface area contributed by atoms with E-state index in [1.54, 1.807) is 12.4 Å². The van der Waals surface area contributed by atoms with Gasteiger partial charge in [0.1, 0.15) is 6.26 Å². The van der Waals surface area contributed by atoms with Gasteiger partial charge in [0.05, 0.1) is 6.54 Å². The van der Waals surface area contributed by atoms with Crippen molar-refractivity contribution in [3.05, 3.63) is 108 Å². The average Bonchev–Trinajstić information content (AvgIpc) is 3.71. The standard InChI is InChI=1S/C29H27N5O4/c35-29(32-14-21-4-3-10-30-13-21)25-18-36-28(33-25)17-34(16-20-7-8-26-27(12-20)38-19-37-26)11-9-22-15-31-24-6-2-1-5-23(22)24/h1-8,10,12-13,15,18,31H,9,11,14,16-17,19H2,(H,32,35). The monoisotopic (exact) mass is 509 g/mol. The van der Waals surface area contributed by atoms with Crippen LogP contribution in [0, 0.1) is 0 Å². The summed E-state index contributed by atoms with van der Waals surface area (Å²) in [5.41, 5.74) is 4.63. The van der Waals surface area contributed by atoms with Crippen molar-refractivity contribution in [2.75, 3.05) is 13.3 Å². The summed E-state index contributed by atoms with van der Waals surface area (Å²) in [5.74, 6) is 1.71. The predicted molar refractivity (Wildman–Crippen MR) is 141 cm³/mol. The Morgan fingerprint density at radius 1 is 1.03 bits per heavy atom. The molecule has 192 valence electrons. The SMILES string of the molecule is O=C(NCc1cccnc1)c1coc(CN(CCc2c[nH]c3ccccc23)Cc2ccc3c(c2)OCO3)n1. The number of amides is 1. The van der Waals surface area contributed by atoms with E-state index in [0.29, 0.717) is 25.5 Å². The number of para-hydroxylation sites is 1. The van der Waals surface area contributed by atoms with E-state index < -0.39 is 0 Å². The Kier molecular flexibility index (Phi) is 6.73. The number of fused-ring (bicyclic) bond motifs is 2. The quantitative estimate of drug-likeness (QED) is 0.286. The summed E-state index contributed by atoms with van der Waals surface area (Å²) in [7, 11) is 0. The Morgan fingerprint density at radius 2 is 1.95 bits per heavy atom. The number of aromatic amines is 1. The molecule has 1 aliphatic rings. The van der Waals surface area contributed by atoms with Crippen LogP contribution in [0.4, 0.5) is 0 Å². The number of hydrogen-bond donors (Lipinski definition) is 2. The number of hydrogen-bond acceptors (Lipinski definition) is 7. The molecule has 3 aromatic heterocycles. The van der Waals surface area contributed by atoms with E-state index >= 15 is 0 Å². The van der Waals surface area contributed by atoms with Gasteiger partial charge in [0.2, 0.25) is 12.7 Å². The molecule has 0 saturated carbocycles. The zero-order valence-electron chi connectivity index (χ0n) is 20.7. The maximum atomic E-state index is 12.6. The minimum atomic E-state index is -0.287. The Balaban J connectivity index is 1.15. The first-order valence-electron chi connectivity index (χ1n) is 12.5. The van der Waals surface area contributed by atoms with Gasteiger partial charge in [0.15, 0.2) is 17.2 Å². The smallest absolute Gasteiger partial charge is 0.273 e. The van der Waals surface area contributed by atoms with E-state index in [4.69, 9.17) is 13.9 Å². The molecule has 0 aliphatic carbocycles. The van der Waals surface area contributed by atoms with Gasteiger partial charge in [0.25, 0.3) is 5.91 Å². The molecule has 9 nitrogen and oxygen atoms in total. The van der Waals surface area contributed by atoms with Crippen LogP contribution in [0.3, 0.4) is 0 Å². The second-order valence-electron chi connectivity index (χ2n) is 9.18. The maximum absolute atomic E-state index is 12.6. The molecule has 0 fully saturated rings. The zero-order chi connectivity index (χ0) is 25.7. The van der Waals surface area contributed by atoms with Gasteiger partial charge in [-0.2, -0.15) is 0 Å². The van der Waals surface area contributed by atoms with Crippen LogP contribution in [0.5, 0.6) is 11.5 Å². The summed E-state index contributed by atoms with van der Waals surface area (Å²) < 4.78 is 16.7. The minimum absolute atomic E-state index is 0.241. The highest BCUT2D eigenvalue weighted by Gasteiger charge is 2.18. The maximum Gasteiger partial charge on any atom is 0.273 e. The number of pyridine rings is 1.